The minimum atomic E-state index is 0.0634. The lowest BCUT2D eigenvalue weighted by molar-refractivity contribution is 0.0682. The van der Waals surface area contributed by atoms with Crippen LogP contribution >= 0.6 is 0 Å². The smallest absolute Gasteiger partial charge is 0.274 e. The molecule has 1 fully saturated rings. The fraction of sp³-hybridized carbons (Fsp3) is 0.529. The average Bonchev–Trinajstić information content (AvgIpc) is 2.95. The van der Waals surface area contributed by atoms with E-state index < -0.39 is 0 Å². The van der Waals surface area contributed by atoms with E-state index in [1.807, 2.05) is 47.8 Å². The van der Waals surface area contributed by atoms with Crippen molar-refractivity contribution in [3.8, 4) is 0 Å². The van der Waals surface area contributed by atoms with Crippen molar-refractivity contribution >= 4 is 11.6 Å². The molecule has 0 radical (unpaired) electrons. The molecule has 0 spiro atoms. The number of aromatic nitrogens is 2. The fourth-order valence-electron chi connectivity index (χ4n) is 3.12. The molecule has 22 heavy (non-hydrogen) atoms. The normalized spacial score (nSPS) is 16.4. The van der Waals surface area contributed by atoms with Crippen molar-refractivity contribution < 1.29 is 4.79 Å². The second kappa shape index (κ2) is 6.48. The Morgan fingerprint density at radius 2 is 2.18 bits per heavy atom. The average molecular weight is 300 g/mol. The van der Waals surface area contributed by atoms with Crippen LogP contribution in [-0.2, 0) is 0 Å². The maximum Gasteiger partial charge on any atom is 0.274 e. The Hall–Kier alpha value is -1.88. The van der Waals surface area contributed by atoms with Crippen molar-refractivity contribution in [3.05, 3.63) is 35.8 Å². The van der Waals surface area contributed by atoms with Gasteiger partial charge in [-0.2, -0.15) is 0 Å². The van der Waals surface area contributed by atoms with Gasteiger partial charge in [0.05, 0.1) is 0 Å². The molecule has 2 aromatic rings. The minimum Gasteiger partial charge on any atom is -0.337 e. The monoisotopic (exact) mass is 300 g/mol. The number of hydrogen-bond donors (Lipinski definition) is 1. The molecule has 5 nitrogen and oxygen atoms in total. The zero-order valence-corrected chi connectivity index (χ0v) is 13.4. The summed E-state index contributed by atoms with van der Waals surface area (Å²) >= 11 is 0. The zero-order chi connectivity index (χ0) is 15.5. The van der Waals surface area contributed by atoms with Crippen LogP contribution in [0.15, 0.2) is 24.5 Å². The highest BCUT2D eigenvalue weighted by molar-refractivity contribution is 5.93. The van der Waals surface area contributed by atoms with Gasteiger partial charge in [0.1, 0.15) is 11.3 Å². The molecule has 1 aliphatic rings. The van der Waals surface area contributed by atoms with E-state index in [4.69, 9.17) is 0 Å². The molecule has 5 heteroatoms. The fourth-order valence-corrected chi connectivity index (χ4v) is 3.12. The number of fused-ring (bicyclic) bond motifs is 1. The van der Waals surface area contributed by atoms with E-state index in [0.29, 0.717) is 5.69 Å². The number of aryl methyl sites for hydroxylation is 1. The molecule has 2 aromatic heterocycles. The van der Waals surface area contributed by atoms with Crippen LogP contribution in [0.5, 0.6) is 0 Å². The number of piperidine rings is 1. The highest BCUT2D eigenvalue weighted by Crippen LogP contribution is 2.21. The van der Waals surface area contributed by atoms with Crippen LogP contribution in [-0.4, -0.2) is 46.9 Å². The summed E-state index contributed by atoms with van der Waals surface area (Å²) in [5, 5.41) is 3.20. The summed E-state index contributed by atoms with van der Waals surface area (Å²) < 4.78 is 1.92. The second-order valence-corrected chi connectivity index (χ2v) is 6.22. The number of carbonyl (C=O) groups is 1. The molecule has 1 amide bonds. The molecule has 0 saturated carbocycles. The van der Waals surface area contributed by atoms with E-state index in [9.17, 15) is 4.79 Å². The number of nitrogens with zero attached hydrogens (tertiary/aromatic N) is 3. The molecule has 118 valence electrons. The molecule has 0 atom stereocenters. The Balaban J connectivity index is 1.66. The molecule has 3 heterocycles. The van der Waals surface area contributed by atoms with Crippen molar-refractivity contribution in [2.45, 2.75) is 26.2 Å². The number of hydrogen-bond acceptors (Lipinski definition) is 3. The summed E-state index contributed by atoms with van der Waals surface area (Å²) in [7, 11) is 1.99. The number of pyridine rings is 1. The number of amides is 1. The van der Waals surface area contributed by atoms with Crippen LogP contribution in [0.1, 0.15) is 35.3 Å². The first-order chi connectivity index (χ1) is 10.7. The number of imidazole rings is 1. The van der Waals surface area contributed by atoms with Gasteiger partial charge in [-0.1, -0.05) is 0 Å². The second-order valence-electron chi connectivity index (χ2n) is 6.22. The van der Waals surface area contributed by atoms with E-state index in [2.05, 4.69) is 10.3 Å². The highest BCUT2D eigenvalue weighted by atomic mass is 16.2. The summed E-state index contributed by atoms with van der Waals surface area (Å²) in [4.78, 5) is 19.0. The van der Waals surface area contributed by atoms with Crippen molar-refractivity contribution in [3.63, 3.8) is 0 Å². The van der Waals surface area contributed by atoms with Gasteiger partial charge in [0.25, 0.3) is 5.91 Å². The quantitative estimate of drug-likeness (QED) is 0.941. The van der Waals surface area contributed by atoms with Crippen molar-refractivity contribution in [1.29, 1.82) is 0 Å². The lowest BCUT2D eigenvalue weighted by Gasteiger charge is -2.31. The van der Waals surface area contributed by atoms with Gasteiger partial charge in [-0.05, 0) is 63.4 Å². The third-order valence-corrected chi connectivity index (χ3v) is 4.54. The van der Waals surface area contributed by atoms with Crippen molar-refractivity contribution in [2.24, 2.45) is 5.92 Å². The van der Waals surface area contributed by atoms with Crippen LogP contribution in [0.2, 0.25) is 0 Å². The third-order valence-electron chi connectivity index (χ3n) is 4.54. The lowest BCUT2D eigenvalue weighted by Crippen LogP contribution is -2.39. The number of rotatable bonds is 4. The maximum atomic E-state index is 12.6. The van der Waals surface area contributed by atoms with Gasteiger partial charge in [-0.3, -0.25) is 4.79 Å². The Kier molecular flexibility index (Phi) is 4.43. The van der Waals surface area contributed by atoms with Gasteiger partial charge in [0.2, 0.25) is 0 Å². The maximum absolute atomic E-state index is 12.6. The summed E-state index contributed by atoms with van der Waals surface area (Å²) in [5.41, 5.74) is 2.55. The van der Waals surface area contributed by atoms with Crippen LogP contribution in [0, 0.1) is 12.8 Å². The molecule has 0 aromatic carbocycles. The molecule has 0 aliphatic carbocycles. The summed E-state index contributed by atoms with van der Waals surface area (Å²) in [5.74, 6) is 0.800. The Morgan fingerprint density at radius 3 is 2.91 bits per heavy atom. The van der Waals surface area contributed by atoms with E-state index in [1.165, 1.54) is 6.42 Å². The standard InChI is InChI=1S/C17H24N4O/c1-13-4-8-21-12-15(19-16(21)11-13)17(22)20-9-5-14(6-10-20)3-7-18-2/h4,8,11-12,14,18H,3,5-7,9-10H2,1-2H3. The van der Waals surface area contributed by atoms with Gasteiger partial charge in [-0.15, -0.1) is 0 Å². The van der Waals surface area contributed by atoms with Crippen LogP contribution in [0.25, 0.3) is 5.65 Å². The van der Waals surface area contributed by atoms with E-state index in [-0.39, 0.29) is 5.91 Å². The molecule has 1 aliphatic heterocycles. The molecular formula is C17H24N4O. The Morgan fingerprint density at radius 1 is 1.41 bits per heavy atom. The third kappa shape index (κ3) is 3.14. The largest absolute Gasteiger partial charge is 0.337 e. The van der Waals surface area contributed by atoms with Gasteiger partial charge < -0.3 is 14.6 Å². The van der Waals surface area contributed by atoms with Gasteiger partial charge in [0, 0.05) is 25.5 Å². The first-order valence-corrected chi connectivity index (χ1v) is 8.06. The number of likely N-dealkylation sites (tertiary alicyclic amines) is 1. The highest BCUT2D eigenvalue weighted by Gasteiger charge is 2.24. The molecule has 1 saturated heterocycles. The van der Waals surface area contributed by atoms with Crippen molar-refractivity contribution in [1.82, 2.24) is 19.6 Å². The lowest BCUT2D eigenvalue weighted by atomic mass is 9.93. The first kappa shape index (κ1) is 15.0. The summed E-state index contributed by atoms with van der Waals surface area (Å²) in [6, 6.07) is 4.02. The molecular weight excluding hydrogens is 276 g/mol. The van der Waals surface area contributed by atoms with E-state index in [0.717, 1.165) is 49.6 Å². The van der Waals surface area contributed by atoms with E-state index in [1.54, 1.807) is 0 Å². The predicted molar refractivity (Wildman–Crippen MR) is 87.1 cm³/mol. The van der Waals surface area contributed by atoms with Gasteiger partial charge in [-0.25, -0.2) is 4.98 Å². The van der Waals surface area contributed by atoms with Gasteiger partial charge in [0.15, 0.2) is 0 Å². The Bertz CT molecular complexity index is 656. The number of carbonyl (C=O) groups excluding carboxylic acids is 1. The summed E-state index contributed by atoms with van der Waals surface area (Å²) in [6.07, 6.45) is 7.19. The minimum absolute atomic E-state index is 0.0634. The molecule has 1 N–H and O–H groups in total. The van der Waals surface area contributed by atoms with E-state index >= 15 is 0 Å². The molecule has 3 rings (SSSR count). The number of nitrogens with one attached hydrogen (secondary N) is 1. The van der Waals surface area contributed by atoms with Crippen LogP contribution in [0.4, 0.5) is 0 Å². The summed E-state index contributed by atoms with van der Waals surface area (Å²) in [6.45, 7) is 4.79. The Labute approximate surface area is 131 Å². The SMILES string of the molecule is CNCCC1CCN(C(=O)c2cn3ccc(C)cc3n2)CC1. The van der Waals surface area contributed by atoms with Gasteiger partial charge >= 0.3 is 0 Å². The molecule has 0 unspecified atom stereocenters. The van der Waals surface area contributed by atoms with Crippen LogP contribution in [0.3, 0.4) is 0 Å². The predicted octanol–water partition coefficient (Wildman–Crippen LogP) is 2.10. The topological polar surface area (TPSA) is 49.6 Å². The molecule has 0 bridgehead atoms. The first-order valence-electron chi connectivity index (χ1n) is 8.06. The zero-order valence-electron chi connectivity index (χ0n) is 13.4. The van der Waals surface area contributed by atoms with Crippen molar-refractivity contribution in [2.75, 3.05) is 26.7 Å². The van der Waals surface area contributed by atoms with Crippen LogP contribution < -0.4 is 5.32 Å².